The molecule has 1 aliphatic rings. The molecule has 0 radical (unpaired) electrons. The molecule has 0 spiro atoms. The van der Waals surface area contributed by atoms with Gasteiger partial charge in [-0.1, -0.05) is 30.3 Å². The maximum atomic E-state index is 12.7. The molecule has 1 atom stereocenters. The van der Waals surface area contributed by atoms with Gasteiger partial charge in [0.15, 0.2) is 5.78 Å². The second-order valence-corrected chi connectivity index (χ2v) is 5.19. The molecule has 2 amide bonds. The highest BCUT2D eigenvalue weighted by atomic mass is 16.6. The van der Waals surface area contributed by atoms with Gasteiger partial charge in [-0.25, -0.2) is 4.79 Å². The van der Waals surface area contributed by atoms with Crippen LogP contribution in [0.3, 0.4) is 0 Å². The third kappa shape index (κ3) is 3.00. The van der Waals surface area contributed by atoms with Crippen molar-refractivity contribution in [2.75, 3.05) is 0 Å². The fourth-order valence-corrected chi connectivity index (χ4v) is 2.48. The van der Waals surface area contributed by atoms with Gasteiger partial charge in [-0.15, -0.1) is 0 Å². The molecule has 0 aromatic heterocycles. The summed E-state index contributed by atoms with van der Waals surface area (Å²) in [5.74, 6) is -0.230. The number of carbonyl (C=O) groups is 2. The summed E-state index contributed by atoms with van der Waals surface area (Å²) in [7, 11) is 0. The van der Waals surface area contributed by atoms with Gasteiger partial charge in [-0.05, 0) is 17.7 Å². The zero-order valence-electron chi connectivity index (χ0n) is 12.4. The fourth-order valence-electron chi connectivity index (χ4n) is 2.48. The molecule has 0 fully saturated rings. The number of rotatable bonds is 4. The van der Waals surface area contributed by atoms with Crippen molar-refractivity contribution >= 4 is 17.5 Å². The number of hydrogen-bond acceptors (Lipinski definition) is 4. The number of nitrogens with zero attached hydrogens (tertiary/aromatic N) is 1. The molecule has 24 heavy (non-hydrogen) atoms. The van der Waals surface area contributed by atoms with E-state index in [-0.39, 0.29) is 11.5 Å². The van der Waals surface area contributed by atoms with Gasteiger partial charge in [-0.2, -0.15) is 0 Å². The summed E-state index contributed by atoms with van der Waals surface area (Å²) in [4.78, 5) is 34.6. The number of amides is 2. The predicted molar refractivity (Wildman–Crippen MR) is 86.4 cm³/mol. The van der Waals surface area contributed by atoms with Crippen LogP contribution in [0.4, 0.5) is 10.5 Å². The standard InChI is InChI=1S/C17H13N3O4/c21-16(12-4-2-1-3-5-12)14-10-18-17(22)19-15(14)11-6-8-13(9-7-11)20(23)24/h1-10,15H,(H2,18,19,22). The minimum atomic E-state index is -0.674. The molecule has 1 unspecified atom stereocenters. The van der Waals surface area contributed by atoms with Crippen LogP contribution in [0, 0.1) is 10.1 Å². The lowest BCUT2D eigenvalue weighted by molar-refractivity contribution is -0.384. The zero-order valence-corrected chi connectivity index (χ0v) is 12.4. The molecule has 0 saturated heterocycles. The van der Waals surface area contributed by atoms with Crippen LogP contribution in [0.15, 0.2) is 66.4 Å². The molecule has 2 aromatic rings. The Balaban J connectivity index is 1.96. The number of Topliss-reactive ketones (excluding diaryl/α,β-unsaturated/α-hetero) is 1. The molecular formula is C17H13N3O4. The number of ketones is 1. The van der Waals surface area contributed by atoms with Crippen LogP contribution in [-0.4, -0.2) is 16.7 Å². The Morgan fingerprint density at radius 1 is 1.04 bits per heavy atom. The first-order valence-electron chi connectivity index (χ1n) is 7.17. The molecule has 0 aliphatic carbocycles. The highest BCUT2D eigenvalue weighted by Gasteiger charge is 2.28. The number of benzene rings is 2. The Morgan fingerprint density at radius 2 is 1.71 bits per heavy atom. The molecule has 1 aliphatic heterocycles. The number of nitro benzene ring substituents is 1. The van der Waals surface area contributed by atoms with Gasteiger partial charge in [0.2, 0.25) is 0 Å². The molecule has 7 heteroatoms. The average molecular weight is 323 g/mol. The monoisotopic (exact) mass is 323 g/mol. The van der Waals surface area contributed by atoms with Crippen molar-refractivity contribution < 1.29 is 14.5 Å². The van der Waals surface area contributed by atoms with Crippen LogP contribution in [0.5, 0.6) is 0 Å². The summed E-state index contributed by atoms with van der Waals surface area (Å²) in [5, 5.41) is 15.9. The van der Waals surface area contributed by atoms with Crippen molar-refractivity contribution in [1.29, 1.82) is 0 Å². The number of hydrogen-bond donors (Lipinski definition) is 2. The summed E-state index contributed by atoms with van der Waals surface area (Å²) in [6, 6.07) is 13.3. The van der Waals surface area contributed by atoms with Crippen LogP contribution in [-0.2, 0) is 0 Å². The minimum absolute atomic E-state index is 0.0565. The maximum Gasteiger partial charge on any atom is 0.319 e. The van der Waals surface area contributed by atoms with Gasteiger partial charge in [0.05, 0.1) is 11.0 Å². The molecule has 2 N–H and O–H groups in total. The van der Waals surface area contributed by atoms with Crippen molar-refractivity contribution in [2.24, 2.45) is 0 Å². The number of nitro groups is 1. The lowest BCUT2D eigenvalue weighted by atomic mass is 9.92. The first kappa shape index (κ1) is 15.4. The van der Waals surface area contributed by atoms with Crippen LogP contribution >= 0.6 is 0 Å². The van der Waals surface area contributed by atoms with E-state index in [2.05, 4.69) is 10.6 Å². The topological polar surface area (TPSA) is 101 Å². The molecule has 120 valence electrons. The molecule has 7 nitrogen and oxygen atoms in total. The first-order chi connectivity index (χ1) is 11.6. The molecule has 2 aromatic carbocycles. The van der Waals surface area contributed by atoms with Crippen LogP contribution in [0.1, 0.15) is 22.0 Å². The quantitative estimate of drug-likeness (QED) is 0.513. The number of urea groups is 1. The normalized spacial score (nSPS) is 16.6. The average Bonchev–Trinajstić information content (AvgIpc) is 2.62. The van der Waals surface area contributed by atoms with Crippen molar-refractivity contribution in [2.45, 2.75) is 6.04 Å². The summed E-state index contributed by atoms with van der Waals surface area (Å²) < 4.78 is 0. The minimum Gasteiger partial charge on any atom is -0.327 e. The third-order valence-electron chi connectivity index (χ3n) is 3.68. The van der Waals surface area contributed by atoms with Gasteiger partial charge in [0.1, 0.15) is 0 Å². The van der Waals surface area contributed by atoms with E-state index in [0.717, 1.165) is 0 Å². The Hall–Kier alpha value is -3.48. The smallest absolute Gasteiger partial charge is 0.319 e. The maximum absolute atomic E-state index is 12.7. The first-order valence-corrected chi connectivity index (χ1v) is 7.17. The SMILES string of the molecule is O=C1NC=C(C(=O)c2ccccc2)C(c2ccc([N+](=O)[O-])cc2)N1. The van der Waals surface area contributed by atoms with Gasteiger partial charge in [0, 0.05) is 29.5 Å². The molecule has 0 saturated carbocycles. The Morgan fingerprint density at radius 3 is 2.33 bits per heavy atom. The van der Waals surface area contributed by atoms with Gasteiger partial charge in [-0.3, -0.25) is 14.9 Å². The van der Waals surface area contributed by atoms with Crippen molar-refractivity contribution in [3.8, 4) is 0 Å². The summed E-state index contributed by atoms with van der Waals surface area (Å²) in [6.07, 6.45) is 1.38. The Bertz CT molecular complexity index is 829. The van der Waals surface area contributed by atoms with Crippen molar-refractivity contribution in [1.82, 2.24) is 10.6 Å². The molecular weight excluding hydrogens is 310 g/mol. The van der Waals surface area contributed by atoms with E-state index in [1.807, 2.05) is 0 Å². The summed E-state index contributed by atoms with van der Waals surface area (Å²) >= 11 is 0. The van der Waals surface area contributed by atoms with Crippen molar-refractivity contribution in [3.63, 3.8) is 0 Å². The Labute approximate surface area is 137 Å². The van der Waals surface area contributed by atoms with E-state index >= 15 is 0 Å². The zero-order chi connectivity index (χ0) is 17.1. The lowest BCUT2D eigenvalue weighted by Gasteiger charge is -2.25. The molecule has 0 bridgehead atoms. The lowest BCUT2D eigenvalue weighted by Crippen LogP contribution is -2.42. The number of non-ortho nitro benzene ring substituents is 1. The largest absolute Gasteiger partial charge is 0.327 e. The molecule has 3 rings (SSSR count). The third-order valence-corrected chi connectivity index (χ3v) is 3.68. The van der Waals surface area contributed by atoms with Crippen LogP contribution in [0.25, 0.3) is 0 Å². The van der Waals surface area contributed by atoms with Crippen LogP contribution in [0.2, 0.25) is 0 Å². The highest BCUT2D eigenvalue weighted by molar-refractivity contribution is 6.10. The van der Waals surface area contributed by atoms with E-state index in [1.54, 1.807) is 30.3 Å². The van der Waals surface area contributed by atoms with Gasteiger partial charge >= 0.3 is 6.03 Å². The summed E-state index contributed by atoms with van der Waals surface area (Å²) in [6.45, 7) is 0. The van der Waals surface area contributed by atoms with Gasteiger partial charge in [0.25, 0.3) is 5.69 Å². The van der Waals surface area contributed by atoms with E-state index < -0.39 is 17.0 Å². The predicted octanol–water partition coefficient (Wildman–Crippen LogP) is 2.72. The van der Waals surface area contributed by atoms with E-state index in [0.29, 0.717) is 16.7 Å². The summed E-state index contributed by atoms with van der Waals surface area (Å²) in [5.41, 5.74) is 1.38. The Kier molecular flexibility index (Phi) is 4.07. The highest BCUT2D eigenvalue weighted by Crippen LogP contribution is 2.27. The molecule has 1 heterocycles. The van der Waals surface area contributed by atoms with E-state index in [4.69, 9.17) is 0 Å². The fraction of sp³-hybridized carbons (Fsp3) is 0.0588. The van der Waals surface area contributed by atoms with E-state index in [1.165, 1.54) is 30.5 Å². The second-order valence-electron chi connectivity index (χ2n) is 5.19. The number of nitrogens with one attached hydrogen (secondary N) is 2. The second kappa shape index (κ2) is 6.33. The van der Waals surface area contributed by atoms with Crippen molar-refractivity contribution in [3.05, 3.63) is 87.6 Å². The number of carbonyl (C=O) groups excluding carboxylic acids is 2. The van der Waals surface area contributed by atoms with E-state index in [9.17, 15) is 19.7 Å². The van der Waals surface area contributed by atoms with Crippen LogP contribution < -0.4 is 10.6 Å². The van der Waals surface area contributed by atoms with Gasteiger partial charge < -0.3 is 10.6 Å².